The molecule has 5 nitrogen and oxygen atoms in total. The van der Waals surface area contributed by atoms with E-state index in [0.717, 1.165) is 132 Å². The molecule has 0 amide bonds. The lowest BCUT2D eigenvalue weighted by atomic mass is 9.75. The van der Waals surface area contributed by atoms with Crippen LogP contribution in [0.15, 0.2) is 204 Å². The first-order valence-corrected chi connectivity index (χ1v) is 29.4. The quantitative estimate of drug-likeness (QED) is 0.155. The van der Waals surface area contributed by atoms with E-state index in [-0.39, 0.29) is 33.5 Å². The van der Waals surface area contributed by atoms with E-state index in [2.05, 4.69) is 253 Å². The molecule has 15 aromatic rings. The van der Waals surface area contributed by atoms with Crippen LogP contribution < -0.4 is 0 Å². The van der Waals surface area contributed by atoms with Crippen LogP contribution in [0, 0.1) is 0 Å². The molecule has 0 saturated heterocycles. The van der Waals surface area contributed by atoms with Crippen molar-refractivity contribution in [2.45, 2.75) is 117 Å². The van der Waals surface area contributed by atoms with Crippen LogP contribution in [0.25, 0.3) is 110 Å². The van der Waals surface area contributed by atoms with E-state index in [1.165, 1.54) is 33.4 Å². The van der Waals surface area contributed by atoms with Gasteiger partial charge in [-0.25, -0.2) is 0 Å². The Kier molecular flexibility index (Phi) is 11.0. The van der Waals surface area contributed by atoms with Gasteiger partial charge in [-0.3, -0.25) is 0 Å². The smallest absolute Gasteiger partial charge is 0.139 e. The maximum Gasteiger partial charge on any atom is 0.139 e. The Balaban J connectivity index is 0.866. The summed E-state index contributed by atoms with van der Waals surface area (Å²) in [5, 5.41) is 10.5. The normalized spacial score (nSPS) is 13.9. The van der Waals surface area contributed by atoms with E-state index in [1.54, 1.807) is 0 Å². The fraction of sp³-hybridized carbons (Fsp3) is 0.231. The Morgan fingerprint density at radius 1 is 0.229 bits per heavy atom. The van der Waals surface area contributed by atoms with Gasteiger partial charge in [0.15, 0.2) is 0 Å². The molecule has 0 aliphatic rings. The van der Waals surface area contributed by atoms with Crippen molar-refractivity contribution in [3.63, 3.8) is 0 Å². The summed E-state index contributed by atoms with van der Waals surface area (Å²) in [5.74, 6) is -0.304. The number of benzene rings is 10. The molecule has 2 unspecified atom stereocenters. The van der Waals surface area contributed by atoms with Crippen LogP contribution in [0.2, 0.25) is 0 Å². The van der Waals surface area contributed by atoms with Crippen LogP contribution >= 0.6 is 0 Å². The lowest BCUT2D eigenvalue weighted by Gasteiger charge is -2.29. The number of para-hydroxylation sites is 4. The van der Waals surface area contributed by atoms with Gasteiger partial charge in [0.2, 0.25) is 0 Å². The molecule has 0 fully saturated rings. The topological polar surface area (TPSA) is 65.7 Å². The highest BCUT2D eigenvalue weighted by Gasteiger charge is 2.31. The third-order valence-electron chi connectivity index (χ3n) is 17.9. The number of hydrogen-bond acceptors (Lipinski definition) is 5. The molecule has 15 rings (SSSR count). The summed E-state index contributed by atoms with van der Waals surface area (Å²) in [4.78, 5) is 0. The minimum atomic E-state index is -0.152. The molecule has 0 spiro atoms. The number of hydrogen-bond donors (Lipinski definition) is 0. The van der Waals surface area contributed by atoms with E-state index in [0.29, 0.717) is 0 Å². The van der Waals surface area contributed by atoms with Crippen molar-refractivity contribution < 1.29 is 22.1 Å². The lowest BCUT2D eigenvalue weighted by molar-refractivity contribution is 0.566. The predicted molar refractivity (Wildman–Crippen MR) is 345 cm³/mol. The van der Waals surface area contributed by atoms with E-state index < -0.39 is 0 Å². The van der Waals surface area contributed by atoms with Crippen molar-refractivity contribution in [3.8, 4) is 0 Å². The average molecular weight is 1090 g/mol. The number of fused-ring (bicyclic) bond motifs is 15. The van der Waals surface area contributed by atoms with Crippen molar-refractivity contribution in [3.05, 3.63) is 238 Å². The van der Waals surface area contributed by atoms with Crippen LogP contribution in [0.1, 0.15) is 151 Å². The Morgan fingerprint density at radius 3 is 0.880 bits per heavy atom. The van der Waals surface area contributed by atoms with Crippen molar-refractivity contribution >= 4 is 110 Å². The average Bonchev–Trinajstić information content (AvgIpc) is 3.07. The third-order valence-corrected chi connectivity index (χ3v) is 17.9. The third kappa shape index (κ3) is 8.32. The van der Waals surface area contributed by atoms with Gasteiger partial charge in [-0.15, -0.1) is 0 Å². The maximum atomic E-state index is 6.98. The Morgan fingerprint density at radius 2 is 0.530 bits per heavy atom. The molecule has 0 radical (unpaired) electrons. The highest BCUT2D eigenvalue weighted by molar-refractivity contribution is 6.19. The Hall–Kier alpha value is -8.80. The van der Waals surface area contributed by atoms with E-state index in [4.69, 9.17) is 22.1 Å². The van der Waals surface area contributed by atoms with Gasteiger partial charge in [0.25, 0.3) is 0 Å². The van der Waals surface area contributed by atoms with Crippen LogP contribution in [0.3, 0.4) is 0 Å². The second kappa shape index (κ2) is 17.9. The Bertz CT molecular complexity index is 4760. The summed E-state index contributed by atoms with van der Waals surface area (Å²) in [6, 6.07) is 66.5. The second-order valence-corrected chi connectivity index (χ2v) is 27.7. The highest BCUT2D eigenvalue weighted by atomic mass is 16.3. The molecule has 2 atom stereocenters. The lowest BCUT2D eigenvalue weighted by Crippen LogP contribution is -2.18. The summed E-state index contributed by atoms with van der Waals surface area (Å²) in [5.41, 5.74) is 20.4. The first-order valence-electron chi connectivity index (χ1n) is 29.4. The van der Waals surface area contributed by atoms with E-state index in [1.807, 2.05) is 12.1 Å². The predicted octanol–water partition coefficient (Wildman–Crippen LogP) is 22.7. The van der Waals surface area contributed by atoms with Gasteiger partial charge in [-0.1, -0.05) is 217 Å². The standard InChI is InChI=1S/C78H68O5/c1-75(2,3)47-31-45(32-48(37-47)76(4,5)6)71(57-23-17-21-55-51-19-13-15-25-63(51)82-73(55)57)43-27-29-53-59-39-69-61(41-67(59)79-65(53)35-43)62-42-68-60(40-70(62)81-69)54-30-28-44(36-66(54)80-68)72(46-33-49(77(7,8)9)38-50(34-46)78(10,11)12)58-24-18-22-56-52-20-14-16-26-64(52)83-74(56)58/h13-42,71-72H,1-12H3. The molecule has 410 valence electrons. The summed E-state index contributed by atoms with van der Waals surface area (Å²) >= 11 is 0. The molecule has 0 aliphatic heterocycles. The SMILES string of the molecule is CC(C)(C)c1cc(C(c2ccc3c(c2)oc2cc4c(cc23)oc2cc3c(cc24)oc2cc(C(c4cc(C(C)(C)C)cc(C(C)(C)C)c4)c4cccc5c4oc4ccccc45)ccc23)c2cccc3c2oc2ccccc23)cc(C(C)(C)C)c1. The summed E-state index contributed by atoms with van der Waals surface area (Å²) < 4.78 is 34.4. The van der Waals surface area contributed by atoms with Crippen molar-refractivity contribution in [2.75, 3.05) is 0 Å². The molecular formula is C78H68O5. The fourth-order valence-electron chi connectivity index (χ4n) is 13.2. The van der Waals surface area contributed by atoms with E-state index in [9.17, 15) is 0 Å². The first-order chi connectivity index (χ1) is 39.6. The van der Waals surface area contributed by atoms with Crippen LogP contribution in [-0.2, 0) is 21.7 Å². The molecule has 10 aromatic carbocycles. The molecule has 0 saturated carbocycles. The maximum absolute atomic E-state index is 6.98. The molecule has 0 N–H and O–H groups in total. The zero-order chi connectivity index (χ0) is 57.2. The molecular weight excluding hydrogens is 1020 g/mol. The molecule has 0 bridgehead atoms. The van der Waals surface area contributed by atoms with Gasteiger partial charge in [-0.05, 0) is 115 Å². The van der Waals surface area contributed by atoms with Crippen molar-refractivity contribution in [1.29, 1.82) is 0 Å². The molecule has 0 aliphatic carbocycles. The molecule has 5 aromatic heterocycles. The summed E-state index contributed by atoms with van der Waals surface area (Å²) in [6.07, 6.45) is 0. The van der Waals surface area contributed by atoms with Gasteiger partial charge in [0.05, 0.1) is 0 Å². The largest absolute Gasteiger partial charge is 0.456 e. The van der Waals surface area contributed by atoms with Gasteiger partial charge >= 0.3 is 0 Å². The minimum Gasteiger partial charge on any atom is -0.456 e. The number of rotatable bonds is 6. The summed E-state index contributed by atoms with van der Waals surface area (Å²) in [6.45, 7) is 27.7. The van der Waals surface area contributed by atoms with Crippen LogP contribution in [0.5, 0.6) is 0 Å². The van der Waals surface area contributed by atoms with Gasteiger partial charge in [-0.2, -0.15) is 0 Å². The van der Waals surface area contributed by atoms with Gasteiger partial charge in [0.1, 0.15) is 55.8 Å². The molecule has 83 heavy (non-hydrogen) atoms. The minimum absolute atomic E-state index is 0.0664. The zero-order valence-corrected chi connectivity index (χ0v) is 49.5. The van der Waals surface area contributed by atoms with Gasteiger partial charge in [0, 0.05) is 76.8 Å². The van der Waals surface area contributed by atoms with E-state index >= 15 is 0 Å². The summed E-state index contributed by atoms with van der Waals surface area (Å²) in [7, 11) is 0. The fourth-order valence-corrected chi connectivity index (χ4v) is 13.2. The number of furan rings is 5. The Labute approximate surface area is 483 Å². The monoisotopic (exact) mass is 1080 g/mol. The molecule has 5 heteroatoms. The van der Waals surface area contributed by atoms with Crippen molar-refractivity contribution in [2.24, 2.45) is 0 Å². The second-order valence-electron chi connectivity index (χ2n) is 27.7. The molecule has 5 heterocycles. The van der Waals surface area contributed by atoms with Gasteiger partial charge < -0.3 is 22.1 Å². The van der Waals surface area contributed by atoms with Crippen LogP contribution in [-0.4, -0.2) is 0 Å². The zero-order valence-electron chi connectivity index (χ0n) is 49.5. The highest BCUT2D eigenvalue weighted by Crippen LogP contribution is 2.48. The first kappa shape index (κ1) is 51.1. The van der Waals surface area contributed by atoms with Crippen molar-refractivity contribution in [1.82, 2.24) is 0 Å². The van der Waals surface area contributed by atoms with Crippen LogP contribution in [0.4, 0.5) is 0 Å².